The molecule has 0 saturated heterocycles. The first-order chi connectivity index (χ1) is 15.7. The third kappa shape index (κ3) is 3.03. The summed E-state index contributed by atoms with van der Waals surface area (Å²) < 4.78 is 0. The topological polar surface area (TPSA) is 63.2 Å². The lowest BCUT2D eigenvalue weighted by atomic mass is 9.83. The number of hydrogen-bond acceptors (Lipinski definition) is 0. The number of H-pyrrole nitrogens is 4. The quantitative estimate of drug-likeness (QED) is 0.216. The zero-order valence-electron chi connectivity index (χ0n) is 22.5. The van der Waals surface area contributed by atoms with Gasteiger partial charge in [0.1, 0.15) is 0 Å². The van der Waals surface area contributed by atoms with Gasteiger partial charge in [0.2, 0.25) is 0 Å². The molecule has 4 aromatic rings. The highest BCUT2D eigenvalue weighted by molar-refractivity contribution is 5.47. The first-order valence-electron chi connectivity index (χ1n) is 12.5. The van der Waals surface area contributed by atoms with E-state index in [-0.39, 0.29) is 21.7 Å². The lowest BCUT2D eigenvalue weighted by Crippen LogP contribution is -2.26. The summed E-state index contributed by atoms with van der Waals surface area (Å²) in [6.07, 6.45) is 0. The van der Waals surface area contributed by atoms with Crippen LogP contribution in [0.25, 0.3) is 0 Å². The van der Waals surface area contributed by atoms with Crippen LogP contribution in [0.5, 0.6) is 0 Å². The molecule has 0 spiro atoms. The second-order valence-electron chi connectivity index (χ2n) is 12.6. The summed E-state index contributed by atoms with van der Waals surface area (Å²) in [7, 11) is 0. The van der Waals surface area contributed by atoms with Crippen molar-refractivity contribution in [2.75, 3.05) is 0 Å². The van der Waals surface area contributed by atoms with E-state index in [0.29, 0.717) is 0 Å². The number of fused-ring (bicyclic) bond motifs is 8. The van der Waals surface area contributed by atoms with Crippen LogP contribution in [-0.4, -0.2) is 19.9 Å². The molecule has 0 amide bonds. The van der Waals surface area contributed by atoms with Crippen molar-refractivity contribution in [3.05, 3.63) is 93.1 Å². The van der Waals surface area contributed by atoms with Crippen molar-refractivity contribution in [2.45, 2.75) is 90.9 Å². The fourth-order valence-electron chi connectivity index (χ4n) is 5.90. The Hall–Kier alpha value is -2.88. The van der Waals surface area contributed by atoms with Crippen molar-refractivity contribution in [1.82, 2.24) is 19.9 Å². The van der Waals surface area contributed by atoms with Crippen molar-refractivity contribution >= 4 is 0 Å². The van der Waals surface area contributed by atoms with Gasteiger partial charge in [-0.3, -0.25) is 0 Å². The van der Waals surface area contributed by atoms with E-state index in [1.54, 1.807) is 0 Å². The average Bonchev–Trinajstić information content (AvgIpc) is 3.51. The Balaban J connectivity index is 1.81. The first kappa shape index (κ1) is 22.9. The number of aromatic amines is 4. The SMILES string of the molecule is Cc1cc2[nH]c1C(C)(C)c1cc(C)c([nH]1)C(C)(C)c1ccc([nH]1)C(C)(C)c1ccc([nH]1)C2(C)C. The molecule has 5 heterocycles. The maximum atomic E-state index is 3.86. The van der Waals surface area contributed by atoms with Crippen LogP contribution in [-0.2, 0) is 21.7 Å². The van der Waals surface area contributed by atoms with E-state index in [1.165, 1.54) is 56.7 Å². The van der Waals surface area contributed by atoms with Gasteiger partial charge < -0.3 is 19.9 Å². The summed E-state index contributed by atoms with van der Waals surface area (Å²) in [6, 6.07) is 13.7. The van der Waals surface area contributed by atoms with Crippen molar-refractivity contribution in [2.24, 2.45) is 0 Å². The predicted octanol–water partition coefficient (Wildman–Crippen LogP) is 7.23. The van der Waals surface area contributed by atoms with Crippen LogP contribution in [0.15, 0.2) is 36.4 Å². The second-order valence-corrected chi connectivity index (χ2v) is 12.6. The first-order valence-corrected chi connectivity index (χ1v) is 12.5. The minimum Gasteiger partial charge on any atom is -0.361 e. The molecule has 4 aromatic heterocycles. The molecule has 1 aliphatic heterocycles. The summed E-state index contributed by atoms with van der Waals surface area (Å²) in [4.78, 5) is 15.3. The largest absolute Gasteiger partial charge is 0.361 e. The Morgan fingerprint density at radius 1 is 0.412 bits per heavy atom. The van der Waals surface area contributed by atoms with Gasteiger partial charge >= 0.3 is 0 Å². The van der Waals surface area contributed by atoms with Crippen LogP contribution in [0.3, 0.4) is 0 Å². The standard InChI is InChI=1S/C30H40N4/c1-17-15-23-28(5,6)21-12-11-19(31-21)27(3,4)20-13-14-22(32-20)29(7,8)25-18(2)16-24(34-25)30(9,10)26(17)33-23/h11-16,31-34H,1-10H3. The molecule has 1 aliphatic rings. The molecule has 180 valence electrons. The summed E-state index contributed by atoms with van der Waals surface area (Å²) in [6.45, 7) is 22.9. The predicted molar refractivity (Wildman–Crippen MR) is 141 cm³/mol. The van der Waals surface area contributed by atoms with Crippen LogP contribution in [0.4, 0.5) is 0 Å². The second kappa shape index (κ2) is 6.84. The third-order valence-electron chi connectivity index (χ3n) is 8.69. The van der Waals surface area contributed by atoms with Crippen LogP contribution in [0.2, 0.25) is 0 Å². The highest BCUT2D eigenvalue weighted by atomic mass is 14.9. The molecule has 0 fully saturated rings. The highest BCUT2D eigenvalue weighted by Gasteiger charge is 2.37. The summed E-state index contributed by atoms with van der Waals surface area (Å²) in [5, 5.41) is 0. The number of hydrogen-bond donors (Lipinski definition) is 4. The van der Waals surface area contributed by atoms with E-state index >= 15 is 0 Å². The lowest BCUT2D eigenvalue weighted by Gasteiger charge is -2.28. The zero-order chi connectivity index (χ0) is 24.8. The molecule has 34 heavy (non-hydrogen) atoms. The number of aryl methyl sites for hydroxylation is 2. The Morgan fingerprint density at radius 2 is 0.706 bits per heavy atom. The Kier molecular flexibility index (Phi) is 4.60. The normalized spacial score (nSPS) is 19.8. The molecular weight excluding hydrogens is 416 g/mol. The molecule has 0 radical (unpaired) electrons. The van der Waals surface area contributed by atoms with E-state index in [2.05, 4.69) is 126 Å². The van der Waals surface area contributed by atoms with E-state index in [0.717, 1.165) is 0 Å². The Labute approximate surface area is 204 Å². The van der Waals surface area contributed by atoms with Crippen LogP contribution in [0, 0.1) is 13.8 Å². The monoisotopic (exact) mass is 456 g/mol. The van der Waals surface area contributed by atoms with Gasteiger partial charge in [-0.25, -0.2) is 0 Å². The number of rotatable bonds is 0. The third-order valence-corrected chi connectivity index (χ3v) is 8.69. The van der Waals surface area contributed by atoms with Gasteiger partial charge in [-0.1, -0.05) is 0 Å². The van der Waals surface area contributed by atoms with E-state index in [9.17, 15) is 0 Å². The highest BCUT2D eigenvalue weighted by Crippen LogP contribution is 2.42. The molecule has 4 heteroatoms. The smallest absolute Gasteiger partial charge is 0.0450 e. The molecular formula is C30H40N4. The molecule has 0 saturated carbocycles. The molecule has 0 aliphatic carbocycles. The minimum absolute atomic E-state index is 0.172. The summed E-state index contributed by atoms with van der Waals surface area (Å²) in [5.74, 6) is 0. The van der Waals surface area contributed by atoms with Gasteiger partial charge in [0, 0.05) is 67.2 Å². The molecule has 4 N–H and O–H groups in total. The Morgan fingerprint density at radius 3 is 1.12 bits per heavy atom. The van der Waals surface area contributed by atoms with Gasteiger partial charge in [-0.05, 0) is 117 Å². The van der Waals surface area contributed by atoms with Crippen LogP contribution >= 0.6 is 0 Å². The molecule has 0 unspecified atom stereocenters. The van der Waals surface area contributed by atoms with Gasteiger partial charge in [0.25, 0.3) is 0 Å². The molecule has 0 atom stereocenters. The van der Waals surface area contributed by atoms with Crippen molar-refractivity contribution in [3.8, 4) is 0 Å². The van der Waals surface area contributed by atoms with Gasteiger partial charge in [0.15, 0.2) is 0 Å². The minimum atomic E-state index is -0.182. The van der Waals surface area contributed by atoms with Gasteiger partial charge in [-0.2, -0.15) is 0 Å². The Bertz CT molecular complexity index is 1380. The maximum absolute atomic E-state index is 3.86. The zero-order valence-corrected chi connectivity index (χ0v) is 22.5. The molecule has 5 rings (SSSR count). The molecule has 4 nitrogen and oxygen atoms in total. The number of aromatic nitrogens is 4. The summed E-state index contributed by atoms with van der Waals surface area (Å²) in [5.41, 5.74) is 11.8. The van der Waals surface area contributed by atoms with Gasteiger partial charge in [-0.15, -0.1) is 0 Å². The van der Waals surface area contributed by atoms with E-state index < -0.39 is 0 Å². The summed E-state index contributed by atoms with van der Waals surface area (Å²) >= 11 is 0. The number of nitrogens with one attached hydrogen (secondary N) is 4. The van der Waals surface area contributed by atoms with Crippen molar-refractivity contribution < 1.29 is 0 Å². The average molecular weight is 457 g/mol. The van der Waals surface area contributed by atoms with E-state index in [4.69, 9.17) is 0 Å². The lowest BCUT2D eigenvalue weighted by molar-refractivity contribution is 0.544. The fraction of sp³-hybridized carbons (Fsp3) is 0.467. The van der Waals surface area contributed by atoms with Crippen LogP contribution in [0.1, 0.15) is 112 Å². The molecule has 8 bridgehead atoms. The van der Waals surface area contributed by atoms with Gasteiger partial charge in [0.05, 0.1) is 0 Å². The maximum Gasteiger partial charge on any atom is 0.0450 e. The van der Waals surface area contributed by atoms with Crippen molar-refractivity contribution in [1.29, 1.82) is 0 Å². The fourth-order valence-corrected chi connectivity index (χ4v) is 5.90. The molecule has 0 aromatic carbocycles. The van der Waals surface area contributed by atoms with Crippen LogP contribution < -0.4 is 0 Å². The van der Waals surface area contributed by atoms with E-state index in [1.807, 2.05) is 0 Å². The van der Waals surface area contributed by atoms with Crippen molar-refractivity contribution in [3.63, 3.8) is 0 Å².